The lowest BCUT2D eigenvalue weighted by atomic mass is 9.92. The molecule has 1 aromatic heterocycles. The molecule has 0 saturated heterocycles. The molecule has 132 valence electrons. The lowest BCUT2D eigenvalue weighted by Gasteiger charge is -2.22. The number of nitrogens with zero attached hydrogens (tertiary/aromatic N) is 3. The number of amides is 1. The van der Waals surface area contributed by atoms with Crippen LogP contribution in [0.2, 0.25) is 0 Å². The average Bonchev–Trinajstić information content (AvgIpc) is 3.06. The van der Waals surface area contributed by atoms with Crippen LogP contribution in [0.15, 0.2) is 28.9 Å². The van der Waals surface area contributed by atoms with Crippen LogP contribution in [0.4, 0.5) is 5.69 Å². The van der Waals surface area contributed by atoms with Crippen LogP contribution < -0.4 is 10.6 Å². The van der Waals surface area contributed by atoms with E-state index in [1.807, 2.05) is 31.2 Å². The Balaban J connectivity index is 1.51. The first-order chi connectivity index (χ1) is 12.0. The van der Waals surface area contributed by atoms with Crippen LogP contribution in [-0.2, 0) is 4.79 Å². The van der Waals surface area contributed by atoms with Gasteiger partial charge in [0.25, 0.3) is 6.04 Å². The molecule has 2 N–H and O–H groups in total. The van der Waals surface area contributed by atoms with Crippen LogP contribution in [0.25, 0.3) is 0 Å². The van der Waals surface area contributed by atoms with E-state index in [1.165, 1.54) is 0 Å². The zero-order valence-corrected chi connectivity index (χ0v) is 13.8. The van der Waals surface area contributed by atoms with Crippen LogP contribution in [0, 0.1) is 17.0 Å². The Morgan fingerprint density at radius 1 is 1.28 bits per heavy atom. The molecule has 9 nitrogen and oxygen atoms in total. The van der Waals surface area contributed by atoms with E-state index in [4.69, 9.17) is 0 Å². The summed E-state index contributed by atoms with van der Waals surface area (Å²) in [6.07, 6.45) is 1.19. The van der Waals surface area contributed by atoms with Gasteiger partial charge in [0.2, 0.25) is 5.91 Å². The van der Waals surface area contributed by atoms with Crippen molar-refractivity contribution in [1.29, 1.82) is 0 Å². The smallest absolute Gasteiger partial charge is 0.260 e. The fourth-order valence-corrected chi connectivity index (χ4v) is 2.90. The summed E-state index contributed by atoms with van der Waals surface area (Å²) in [5, 5.41) is 24.5. The van der Waals surface area contributed by atoms with Gasteiger partial charge in [-0.3, -0.25) is 14.9 Å². The molecule has 0 fully saturated rings. The van der Waals surface area contributed by atoms with Crippen LogP contribution in [0.1, 0.15) is 48.3 Å². The first-order valence-electron chi connectivity index (χ1n) is 8.10. The van der Waals surface area contributed by atoms with Crippen molar-refractivity contribution < 1.29 is 14.3 Å². The van der Waals surface area contributed by atoms with E-state index in [2.05, 4.69) is 25.6 Å². The summed E-state index contributed by atoms with van der Waals surface area (Å²) in [7, 11) is 0. The fraction of sp³-hybridized carbons (Fsp3) is 0.438. The predicted octanol–water partition coefficient (Wildman–Crippen LogP) is 2.15. The second-order valence-electron chi connectivity index (χ2n) is 6.08. The maximum absolute atomic E-state index is 12.0. The molecule has 0 saturated carbocycles. The summed E-state index contributed by atoms with van der Waals surface area (Å²) in [4.78, 5) is 22.7. The maximum atomic E-state index is 12.0. The summed E-state index contributed by atoms with van der Waals surface area (Å²) in [5.74, 6) is -0.103. The van der Waals surface area contributed by atoms with Gasteiger partial charge in [-0.2, -0.15) is 0 Å². The van der Waals surface area contributed by atoms with Crippen LogP contribution in [0.5, 0.6) is 0 Å². The van der Waals surface area contributed by atoms with E-state index >= 15 is 0 Å². The zero-order valence-electron chi connectivity index (χ0n) is 13.8. The molecule has 1 aliphatic carbocycles. The molecule has 1 aromatic carbocycles. The van der Waals surface area contributed by atoms with Crippen LogP contribution in [0.3, 0.4) is 0 Å². The number of rotatable bonds is 6. The summed E-state index contributed by atoms with van der Waals surface area (Å²) < 4.78 is 4.67. The maximum Gasteiger partial charge on any atom is 0.260 e. The van der Waals surface area contributed by atoms with Crippen molar-refractivity contribution in [2.24, 2.45) is 0 Å². The highest BCUT2D eigenvalue weighted by atomic mass is 16.6. The van der Waals surface area contributed by atoms with Crippen molar-refractivity contribution >= 4 is 11.6 Å². The molecule has 1 aliphatic rings. The van der Waals surface area contributed by atoms with E-state index < -0.39 is 6.04 Å². The predicted molar refractivity (Wildman–Crippen MR) is 88.4 cm³/mol. The first-order valence-corrected chi connectivity index (χ1v) is 8.10. The molecule has 2 unspecified atom stereocenters. The lowest BCUT2D eigenvalue weighted by Crippen LogP contribution is -2.31. The van der Waals surface area contributed by atoms with Gasteiger partial charge in [-0.25, -0.2) is 4.63 Å². The quantitative estimate of drug-likeness (QED) is 0.607. The highest BCUT2D eigenvalue weighted by Crippen LogP contribution is 2.35. The fourth-order valence-electron chi connectivity index (χ4n) is 2.90. The van der Waals surface area contributed by atoms with E-state index in [9.17, 15) is 14.9 Å². The monoisotopic (exact) mass is 345 g/mol. The Labute approximate surface area is 143 Å². The number of nitro groups is 1. The highest BCUT2D eigenvalue weighted by Gasteiger charge is 2.38. The van der Waals surface area contributed by atoms with E-state index in [0.717, 1.165) is 11.3 Å². The summed E-state index contributed by atoms with van der Waals surface area (Å²) >= 11 is 0. The zero-order chi connectivity index (χ0) is 17.8. The third-order valence-electron chi connectivity index (χ3n) is 4.25. The third-order valence-corrected chi connectivity index (χ3v) is 4.25. The van der Waals surface area contributed by atoms with Gasteiger partial charge in [-0.05, 0) is 30.6 Å². The minimum absolute atomic E-state index is 0.103. The normalized spacial score (nSPS) is 19.2. The molecule has 0 bridgehead atoms. The molecular formula is C16H19N5O4. The number of carbonyl (C=O) groups excluding carboxylic acids is 1. The van der Waals surface area contributed by atoms with Gasteiger partial charge in [0, 0.05) is 30.0 Å². The molecule has 2 aromatic rings. The molecule has 0 radical (unpaired) electrons. The molecular weight excluding hydrogens is 326 g/mol. The van der Waals surface area contributed by atoms with Gasteiger partial charge in [0.05, 0.1) is 6.04 Å². The lowest BCUT2D eigenvalue weighted by molar-refractivity contribution is -0.532. The standard InChI is InChI=1S/C16H19N5O4/c1-10-2-4-11(5-3-10)18-14(22)8-9-17-12-6-7-13(21(23)24)16-15(12)19-25-20-16/h2-5,12-13,17H,6-9H2,1H3,(H,18,22). The Bertz CT molecular complexity index is 758. The number of hydrogen-bond acceptors (Lipinski definition) is 7. The number of benzene rings is 1. The van der Waals surface area contributed by atoms with Gasteiger partial charge in [-0.15, -0.1) is 0 Å². The van der Waals surface area contributed by atoms with Gasteiger partial charge < -0.3 is 10.6 Å². The van der Waals surface area contributed by atoms with Crippen molar-refractivity contribution in [3.8, 4) is 0 Å². The van der Waals surface area contributed by atoms with Crippen LogP contribution >= 0.6 is 0 Å². The topological polar surface area (TPSA) is 123 Å². The molecule has 1 amide bonds. The molecule has 0 spiro atoms. The molecule has 3 rings (SSSR count). The Morgan fingerprint density at radius 2 is 2.00 bits per heavy atom. The van der Waals surface area contributed by atoms with Crippen molar-refractivity contribution in [2.75, 3.05) is 11.9 Å². The average molecular weight is 345 g/mol. The van der Waals surface area contributed by atoms with Crippen molar-refractivity contribution in [2.45, 2.75) is 38.3 Å². The van der Waals surface area contributed by atoms with Crippen molar-refractivity contribution in [1.82, 2.24) is 15.6 Å². The van der Waals surface area contributed by atoms with Gasteiger partial charge in [-0.1, -0.05) is 22.9 Å². The highest BCUT2D eigenvalue weighted by molar-refractivity contribution is 5.90. The Kier molecular flexibility index (Phi) is 5.03. The van der Waals surface area contributed by atoms with Gasteiger partial charge in [0.1, 0.15) is 5.69 Å². The van der Waals surface area contributed by atoms with Crippen molar-refractivity contribution in [3.63, 3.8) is 0 Å². The first kappa shape index (κ1) is 17.0. The third kappa shape index (κ3) is 4.00. The number of anilines is 1. The van der Waals surface area contributed by atoms with E-state index in [1.54, 1.807) is 0 Å². The number of nitrogens with one attached hydrogen (secondary N) is 2. The van der Waals surface area contributed by atoms with Crippen molar-refractivity contribution in [3.05, 3.63) is 51.3 Å². The van der Waals surface area contributed by atoms with Gasteiger partial charge >= 0.3 is 0 Å². The SMILES string of the molecule is Cc1ccc(NC(=O)CCNC2CCC([N+](=O)[O-])c3nonc32)cc1. The molecule has 9 heteroatoms. The summed E-state index contributed by atoms with van der Waals surface area (Å²) in [6, 6.07) is 6.51. The minimum Gasteiger partial charge on any atom is -0.326 e. The number of hydrogen-bond donors (Lipinski definition) is 2. The Hall–Kier alpha value is -2.81. The Morgan fingerprint density at radius 3 is 2.72 bits per heavy atom. The number of aromatic nitrogens is 2. The minimum atomic E-state index is -0.871. The number of fused-ring (bicyclic) bond motifs is 1. The van der Waals surface area contributed by atoms with E-state index in [0.29, 0.717) is 25.1 Å². The molecule has 1 heterocycles. The number of carbonyl (C=O) groups is 1. The summed E-state index contributed by atoms with van der Waals surface area (Å²) in [6.45, 7) is 2.41. The molecule has 2 atom stereocenters. The van der Waals surface area contributed by atoms with E-state index in [-0.39, 0.29) is 29.0 Å². The summed E-state index contributed by atoms with van der Waals surface area (Å²) in [5.41, 5.74) is 2.62. The molecule has 0 aliphatic heterocycles. The largest absolute Gasteiger partial charge is 0.326 e. The molecule has 25 heavy (non-hydrogen) atoms. The van der Waals surface area contributed by atoms with Crippen LogP contribution in [-0.4, -0.2) is 27.7 Å². The number of aryl methyl sites for hydroxylation is 1. The second kappa shape index (κ2) is 7.39. The van der Waals surface area contributed by atoms with Gasteiger partial charge in [0.15, 0.2) is 5.69 Å². The second-order valence-corrected chi connectivity index (χ2v) is 6.08.